The van der Waals surface area contributed by atoms with E-state index < -0.39 is 0 Å². The molecule has 0 amide bonds. The number of hydrogen-bond donors (Lipinski definition) is 0. The number of alkyl halides is 1. The van der Waals surface area contributed by atoms with Crippen molar-refractivity contribution >= 4 is 22.9 Å². The van der Waals surface area contributed by atoms with Gasteiger partial charge in [-0.2, -0.15) is 0 Å². The second-order valence-corrected chi connectivity index (χ2v) is 5.84. The van der Waals surface area contributed by atoms with Crippen LogP contribution in [0.1, 0.15) is 16.7 Å². The average Bonchev–Trinajstić information content (AvgIpc) is 2.65. The van der Waals surface area contributed by atoms with Crippen LogP contribution in [-0.4, -0.2) is 37.6 Å². The van der Waals surface area contributed by atoms with Crippen LogP contribution < -0.4 is 0 Å². The van der Waals surface area contributed by atoms with Crippen molar-refractivity contribution in [1.29, 1.82) is 0 Å². The maximum atomic E-state index is 6.11. The summed E-state index contributed by atoms with van der Waals surface area (Å²) in [6.45, 7) is 4.62. The van der Waals surface area contributed by atoms with Crippen LogP contribution in [0.5, 0.6) is 0 Å². The maximum absolute atomic E-state index is 6.11. The van der Waals surface area contributed by atoms with E-state index in [9.17, 15) is 0 Å². The van der Waals surface area contributed by atoms with E-state index in [0.29, 0.717) is 6.61 Å². The van der Waals surface area contributed by atoms with Crippen molar-refractivity contribution in [1.82, 2.24) is 4.90 Å². The van der Waals surface area contributed by atoms with Gasteiger partial charge in [0.25, 0.3) is 0 Å². The third-order valence-corrected chi connectivity index (χ3v) is 3.83. The Hall–Kier alpha value is -0.0900. The Balaban J connectivity index is 2.35. The van der Waals surface area contributed by atoms with Gasteiger partial charge in [0.15, 0.2) is 0 Å². The Labute approximate surface area is 107 Å². The molecular weight excluding hydrogens is 242 g/mol. The number of thiophene rings is 1. The van der Waals surface area contributed by atoms with Crippen molar-refractivity contribution in [3.63, 3.8) is 0 Å². The summed E-state index contributed by atoms with van der Waals surface area (Å²) in [5.74, 6) is 0. The monoisotopic (exact) mass is 261 g/mol. The van der Waals surface area contributed by atoms with Gasteiger partial charge in [-0.15, -0.1) is 22.9 Å². The molecule has 92 valence electrons. The highest BCUT2D eigenvalue weighted by Gasteiger charge is 2.09. The molecule has 0 aliphatic rings. The molecule has 0 aromatic carbocycles. The lowest BCUT2D eigenvalue weighted by Crippen LogP contribution is -2.28. The van der Waals surface area contributed by atoms with Gasteiger partial charge in [0.2, 0.25) is 0 Å². The van der Waals surface area contributed by atoms with Crippen molar-refractivity contribution in [3.8, 4) is 0 Å². The molecule has 0 saturated carbocycles. The summed E-state index contributed by atoms with van der Waals surface area (Å²) in [4.78, 5) is 5.09. The molecule has 0 radical (unpaired) electrons. The topological polar surface area (TPSA) is 12.5 Å². The Morgan fingerprint density at radius 2 is 2.12 bits per heavy atom. The zero-order valence-electron chi connectivity index (χ0n) is 10.2. The molecule has 1 rings (SSSR count). The Kier molecular flexibility index (Phi) is 6.36. The average molecular weight is 262 g/mol. The molecule has 0 N–H and O–H groups in total. The first-order chi connectivity index (χ1) is 7.65. The van der Waals surface area contributed by atoms with E-state index in [1.807, 2.05) is 11.3 Å². The molecule has 1 unspecified atom stereocenters. The zero-order valence-corrected chi connectivity index (χ0v) is 11.8. The Bertz CT molecular complexity index is 303. The van der Waals surface area contributed by atoms with E-state index in [1.165, 1.54) is 9.75 Å². The van der Waals surface area contributed by atoms with Crippen LogP contribution in [0.3, 0.4) is 0 Å². The number of hydrogen-bond acceptors (Lipinski definition) is 3. The fourth-order valence-electron chi connectivity index (χ4n) is 1.60. The molecule has 4 heteroatoms. The smallest absolute Gasteiger partial charge is 0.0696 e. The number of methoxy groups -OCH3 is 1. The summed E-state index contributed by atoms with van der Waals surface area (Å²) in [5.41, 5.74) is 0. The fraction of sp³-hybridized carbons (Fsp3) is 0.667. The van der Waals surface area contributed by atoms with Crippen molar-refractivity contribution in [2.24, 2.45) is 0 Å². The molecule has 1 aromatic heterocycles. The van der Waals surface area contributed by atoms with Crippen LogP contribution in [0.2, 0.25) is 0 Å². The van der Waals surface area contributed by atoms with E-state index in [0.717, 1.165) is 19.5 Å². The van der Waals surface area contributed by atoms with Crippen LogP contribution in [0.4, 0.5) is 0 Å². The van der Waals surface area contributed by atoms with Crippen molar-refractivity contribution < 1.29 is 4.74 Å². The van der Waals surface area contributed by atoms with Gasteiger partial charge >= 0.3 is 0 Å². The SMILES string of the molecule is CCc1ccc(CN(C)CC(Cl)COC)s1. The molecule has 1 heterocycles. The summed E-state index contributed by atoms with van der Waals surface area (Å²) < 4.78 is 5.02. The highest BCUT2D eigenvalue weighted by atomic mass is 35.5. The van der Waals surface area contributed by atoms with Gasteiger partial charge in [-0.1, -0.05) is 6.92 Å². The molecule has 0 aliphatic heterocycles. The lowest BCUT2D eigenvalue weighted by atomic mass is 10.3. The number of ether oxygens (including phenoxy) is 1. The predicted molar refractivity (Wildman–Crippen MR) is 71.5 cm³/mol. The molecule has 2 nitrogen and oxygen atoms in total. The molecule has 0 aliphatic carbocycles. The quantitative estimate of drug-likeness (QED) is 0.700. The first-order valence-electron chi connectivity index (χ1n) is 5.54. The standard InChI is InChI=1S/C12H20ClNOS/c1-4-11-5-6-12(16-11)8-14(2)7-10(13)9-15-3/h5-6,10H,4,7-9H2,1-3H3. The lowest BCUT2D eigenvalue weighted by molar-refractivity contribution is 0.181. The van der Waals surface area contributed by atoms with E-state index in [4.69, 9.17) is 16.3 Å². The van der Waals surface area contributed by atoms with Gasteiger partial charge in [0.1, 0.15) is 0 Å². The number of rotatable bonds is 7. The minimum absolute atomic E-state index is 0.0700. The minimum atomic E-state index is 0.0700. The number of aryl methyl sites for hydroxylation is 1. The van der Waals surface area contributed by atoms with Gasteiger partial charge < -0.3 is 4.74 Å². The summed E-state index contributed by atoms with van der Waals surface area (Å²) in [5, 5.41) is 0.0700. The second-order valence-electron chi connectivity index (χ2n) is 3.97. The third-order valence-electron chi connectivity index (χ3n) is 2.35. The van der Waals surface area contributed by atoms with Crippen molar-refractivity contribution in [3.05, 3.63) is 21.9 Å². The molecule has 16 heavy (non-hydrogen) atoms. The largest absolute Gasteiger partial charge is 0.383 e. The normalized spacial score (nSPS) is 13.3. The molecule has 0 bridgehead atoms. The molecule has 0 saturated heterocycles. The van der Waals surface area contributed by atoms with Crippen LogP contribution in [-0.2, 0) is 17.7 Å². The third kappa shape index (κ3) is 4.83. The molecule has 1 atom stereocenters. The summed E-state index contributed by atoms with van der Waals surface area (Å²) in [7, 11) is 3.78. The van der Waals surface area contributed by atoms with E-state index in [1.54, 1.807) is 7.11 Å². The van der Waals surface area contributed by atoms with E-state index in [2.05, 4.69) is 31.0 Å². The van der Waals surface area contributed by atoms with Crippen LogP contribution in [0.15, 0.2) is 12.1 Å². The molecule has 1 aromatic rings. The van der Waals surface area contributed by atoms with E-state index >= 15 is 0 Å². The maximum Gasteiger partial charge on any atom is 0.0696 e. The van der Waals surface area contributed by atoms with Gasteiger partial charge in [-0.3, -0.25) is 4.90 Å². The minimum Gasteiger partial charge on any atom is -0.383 e. The molecule has 0 fully saturated rings. The zero-order chi connectivity index (χ0) is 12.0. The van der Waals surface area contributed by atoms with Crippen LogP contribution in [0.25, 0.3) is 0 Å². The van der Waals surface area contributed by atoms with E-state index in [-0.39, 0.29) is 5.38 Å². The highest BCUT2D eigenvalue weighted by Crippen LogP contribution is 2.18. The molecular formula is C12H20ClNOS. The fourth-order valence-corrected chi connectivity index (χ4v) is 3.00. The summed E-state index contributed by atoms with van der Waals surface area (Å²) in [6, 6.07) is 4.42. The number of nitrogens with zero attached hydrogens (tertiary/aromatic N) is 1. The lowest BCUT2D eigenvalue weighted by Gasteiger charge is -2.18. The molecule has 0 spiro atoms. The first-order valence-corrected chi connectivity index (χ1v) is 6.80. The van der Waals surface area contributed by atoms with Gasteiger partial charge in [0.05, 0.1) is 12.0 Å². The number of halogens is 1. The van der Waals surface area contributed by atoms with Crippen molar-refractivity contribution in [2.75, 3.05) is 27.3 Å². The van der Waals surface area contributed by atoms with Crippen molar-refractivity contribution in [2.45, 2.75) is 25.3 Å². The van der Waals surface area contributed by atoms with Crippen LogP contribution >= 0.6 is 22.9 Å². The summed E-state index contributed by atoms with van der Waals surface area (Å²) in [6.07, 6.45) is 1.12. The van der Waals surface area contributed by atoms with Gasteiger partial charge in [-0.25, -0.2) is 0 Å². The van der Waals surface area contributed by atoms with Gasteiger partial charge in [0, 0.05) is 30.0 Å². The Morgan fingerprint density at radius 3 is 2.69 bits per heavy atom. The Morgan fingerprint density at radius 1 is 1.44 bits per heavy atom. The second kappa shape index (κ2) is 7.28. The predicted octanol–water partition coefficient (Wildman–Crippen LogP) is 3.00. The van der Waals surface area contributed by atoms with Crippen LogP contribution in [0, 0.1) is 0 Å². The highest BCUT2D eigenvalue weighted by molar-refractivity contribution is 7.11. The summed E-state index contributed by atoms with van der Waals surface area (Å²) >= 11 is 8.00. The van der Waals surface area contributed by atoms with Gasteiger partial charge in [-0.05, 0) is 25.6 Å². The first kappa shape index (κ1) is 14.0.